The first-order chi connectivity index (χ1) is 9.46. The van der Waals surface area contributed by atoms with E-state index in [-0.39, 0.29) is 5.75 Å². The summed E-state index contributed by atoms with van der Waals surface area (Å²) < 4.78 is 45.4. The molecular formula is C15H13F3O2. The van der Waals surface area contributed by atoms with Crippen LogP contribution in [0.3, 0.4) is 0 Å². The molecule has 0 amide bonds. The largest absolute Gasteiger partial charge is 0.573 e. The van der Waals surface area contributed by atoms with Gasteiger partial charge in [0.15, 0.2) is 0 Å². The number of benzene rings is 2. The topological polar surface area (TPSA) is 18.5 Å². The zero-order valence-electron chi connectivity index (χ0n) is 10.8. The fourth-order valence-corrected chi connectivity index (χ4v) is 1.83. The highest BCUT2D eigenvalue weighted by atomic mass is 19.4. The van der Waals surface area contributed by atoms with Crippen LogP contribution in [0.5, 0.6) is 11.5 Å². The van der Waals surface area contributed by atoms with E-state index < -0.39 is 6.36 Å². The van der Waals surface area contributed by atoms with Crippen molar-refractivity contribution in [2.24, 2.45) is 0 Å². The first-order valence-electron chi connectivity index (χ1n) is 5.94. The van der Waals surface area contributed by atoms with E-state index in [2.05, 4.69) is 4.74 Å². The van der Waals surface area contributed by atoms with Crippen molar-refractivity contribution < 1.29 is 22.6 Å². The molecule has 0 saturated heterocycles. The van der Waals surface area contributed by atoms with Crippen molar-refractivity contribution in [2.75, 3.05) is 7.11 Å². The minimum Gasteiger partial charge on any atom is -0.497 e. The van der Waals surface area contributed by atoms with Crippen LogP contribution in [0.1, 0.15) is 11.1 Å². The Bertz CT molecular complexity index is 562. The van der Waals surface area contributed by atoms with Gasteiger partial charge in [-0.15, -0.1) is 13.2 Å². The molecule has 0 atom stereocenters. The number of hydrogen-bond donors (Lipinski definition) is 0. The van der Waals surface area contributed by atoms with Crippen LogP contribution in [0.4, 0.5) is 13.2 Å². The van der Waals surface area contributed by atoms with Crippen LogP contribution in [-0.2, 0) is 6.42 Å². The van der Waals surface area contributed by atoms with Gasteiger partial charge in [-0.25, -0.2) is 0 Å². The molecule has 0 fully saturated rings. The molecule has 0 heterocycles. The summed E-state index contributed by atoms with van der Waals surface area (Å²) in [7, 11) is 1.58. The summed E-state index contributed by atoms with van der Waals surface area (Å²) in [5.41, 5.74) is 1.73. The van der Waals surface area contributed by atoms with Crippen molar-refractivity contribution in [3.05, 3.63) is 59.7 Å². The first-order valence-corrected chi connectivity index (χ1v) is 5.94. The van der Waals surface area contributed by atoms with Gasteiger partial charge in [-0.2, -0.15) is 0 Å². The van der Waals surface area contributed by atoms with Crippen LogP contribution in [0.2, 0.25) is 0 Å². The fraction of sp³-hybridized carbons (Fsp3) is 0.200. The van der Waals surface area contributed by atoms with Gasteiger partial charge in [0.05, 0.1) is 7.11 Å². The van der Waals surface area contributed by atoms with E-state index in [0.717, 1.165) is 16.9 Å². The monoisotopic (exact) mass is 282 g/mol. The van der Waals surface area contributed by atoms with Gasteiger partial charge in [-0.05, 0) is 41.8 Å². The van der Waals surface area contributed by atoms with Crippen molar-refractivity contribution in [3.63, 3.8) is 0 Å². The molecule has 0 aliphatic rings. The molecule has 0 aliphatic heterocycles. The summed E-state index contributed by atoms with van der Waals surface area (Å²) in [6, 6.07) is 13.3. The van der Waals surface area contributed by atoms with E-state index in [9.17, 15) is 13.2 Å². The smallest absolute Gasteiger partial charge is 0.497 e. The zero-order chi connectivity index (χ0) is 14.6. The van der Waals surface area contributed by atoms with Gasteiger partial charge in [0, 0.05) is 0 Å². The molecule has 0 N–H and O–H groups in total. The minimum atomic E-state index is -4.67. The molecular weight excluding hydrogens is 269 g/mol. The second kappa shape index (κ2) is 5.86. The molecule has 20 heavy (non-hydrogen) atoms. The van der Waals surface area contributed by atoms with Gasteiger partial charge in [0.25, 0.3) is 0 Å². The number of alkyl halides is 3. The number of ether oxygens (including phenoxy) is 2. The Morgan fingerprint density at radius 2 is 1.60 bits per heavy atom. The Hall–Kier alpha value is -2.17. The van der Waals surface area contributed by atoms with Crippen LogP contribution in [0.25, 0.3) is 0 Å². The SMILES string of the molecule is COc1ccc(Cc2cccc(OC(F)(F)F)c2)cc1. The third-order valence-electron chi connectivity index (χ3n) is 2.70. The molecule has 2 nitrogen and oxygen atoms in total. The maximum Gasteiger partial charge on any atom is 0.573 e. The number of halogens is 3. The normalized spacial score (nSPS) is 11.2. The predicted molar refractivity (Wildman–Crippen MR) is 68.9 cm³/mol. The van der Waals surface area contributed by atoms with E-state index in [1.54, 1.807) is 19.2 Å². The van der Waals surface area contributed by atoms with Gasteiger partial charge in [-0.1, -0.05) is 24.3 Å². The van der Waals surface area contributed by atoms with Gasteiger partial charge in [0.1, 0.15) is 11.5 Å². The Morgan fingerprint density at radius 3 is 2.20 bits per heavy atom. The highest BCUT2D eigenvalue weighted by Gasteiger charge is 2.31. The molecule has 106 valence electrons. The summed E-state index contributed by atoms with van der Waals surface area (Å²) in [6.45, 7) is 0. The molecule has 2 rings (SSSR count). The lowest BCUT2D eigenvalue weighted by Gasteiger charge is -2.10. The average Bonchev–Trinajstić information content (AvgIpc) is 2.38. The van der Waals surface area contributed by atoms with Crippen LogP contribution in [-0.4, -0.2) is 13.5 Å². The predicted octanol–water partition coefficient (Wildman–Crippen LogP) is 4.18. The van der Waals surface area contributed by atoms with Crippen molar-refractivity contribution in [3.8, 4) is 11.5 Å². The molecule has 0 unspecified atom stereocenters. The lowest BCUT2D eigenvalue weighted by Crippen LogP contribution is -2.17. The second-order valence-electron chi connectivity index (χ2n) is 4.22. The zero-order valence-corrected chi connectivity index (χ0v) is 10.8. The Balaban J connectivity index is 2.10. The lowest BCUT2D eigenvalue weighted by molar-refractivity contribution is -0.274. The molecule has 0 saturated carbocycles. The van der Waals surface area contributed by atoms with Gasteiger partial charge in [-0.3, -0.25) is 0 Å². The molecule has 0 spiro atoms. The van der Waals surface area contributed by atoms with Gasteiger partial charge in [0.2, 0.25) is 0 Å². The molecule has 0 bridgehead atoms. The Morgan fingerprint density at radius 1 is 0.900 bits per heavy atom. The van der Waals surface area contributed by atoms with Crippen molar-refractivity contribution >= 4 is 0 Å². The third-order valence-corrected chi connectivity index (χ3v) is 2.70. The third kappa shape index (κ3) is 4.19. The molecule has 5 heteroatoms. The van der Waals surface area contributed by atoms with Crippen LogP contribution < -0.4 is 9.47 Å². The summed E-state index contributed by atoms with van der Waals surface area (Å²) in [5.74, 6) is 0.534. The van der Waals surface area contributed by atoms with Crippen molar-refractivity contribution in [1.82, 2.24) is 0 Å². The van der Waals surface area contributed by atoms with Crippen LogP contribution in [0, 0.1) is 0 Å². The summed E-state index contributed by atoms with van der Waals surface area (Å²) >= 11 is 0. The number of rotatable bonds is 4. The average molecular weight is 282 g/mol. The summed E-state index contributed by atoms with van der Waals surface area (Å²) in [5, 5.41) is 0. The highest BCUT2D eigenvalue weighted by Crippen LogP contribution is 2.24. The summed E-state index contributed by atoms with van der Waals surface area (Å²) in [4.78, 5) is 0. The lowest BCUT2D eigenvalue weighted by atomic mass is 10.0. The number of hydrogen-bond acceptors (Lipinski definition) is 2. The number of methoxy groups -OCH3 is 1. The second-order valence-corrected chi connectivity index (χ2v) is 4.22. The van der Waals surface area contributed by atoms with Crippen LogP contribution >= 0.6 is 0 Å². The summed E-state index contributed by atoms with van der Waals surface area (Å²) in [6.07, 6.45) is -4.14. The molecule has 0 radical (unpaired) electrons. The molecule has 0 aliphatic carbocycles. The standard InChI is InChI=1S/C15H13F3O2/c1-19-13-7-5-11(6-8-13)9-12-3-2-4-14(10-12)20-15(16,17)18/h2-8,10H,9H2,1H3. The van der Waals surface area contributed by atoms with E-state index in [0.29, 0.717) is 6.42 Å². The van der Waals surface area contributed by atoms with E-state index >= 15 is 0 Å². The molecule has 2 aromatic carbocycles. The van der Waals surface area contributed by atoms with Gasteiger partial charge >= 0.3 is 6.36 Å². The fourth-order valence-electron chi connectivity index (χ4n) is 1.83. The molecule has 2 aromatic rings. The molecule has 0 aromatic heterocycles. The Labute approximate surface area is 114 Å². The van der Waals surface area contributed by atoms with E-state index in [1.807, 2.05) is 24.3 Å². The Kier molecular flexibility index (Phi) is 4.17. The van der Waals surface area contributed by atoms with E-state index in [4.69, 9.17) is 4.74 Å². The quantitative estimate of drug-likeness (QED) is 0.837. The van der Waals surface area contributed by atoms with Crippen LogP contribution in [0.15, 0.2) is 48.5 Å². The first kappa shape index (κ1) is 14.2. The van der Waals surface area contributed by atoms with Crippen molar-refractivity contribution in [2.45, 2.75) is 12.8 Å². The highest BCUT2D eigenvalue weighted by molar-refractivity contribution is 5.34. The minimum absolute atomic E-state index is 0.205. The van der Waals surface area contributed by atoms with Crippen molar-refractivity contribution in [1.29, 1.82) is 0 Å². The maximum atomic E-state index is 12.1. The van der Waals surface area contributed by atoms with E-state index in [1.165, 1.54) is 12.1 Å². The van der Waals surface area contributed by atoms with Gasteiger partial charge < -0.3 is 9.47 Å². The maximum absolute atomic E-state index is 12.1.